The zero-order chi connectivity index (χ0) is 29.9. The summed E-state index contributed by atoms with van der Waals surface area (Å²) in [4.78, 5) is 10.7. The fraction of sp³-hybridized carbons (Fsp3) is 0. The van der Waals surface area contributed by atoms with Crippen molar-refractivity contribution in [1.29, 1.82) is 0 Å². The van der Waals surface area contributed by atoms with E-state index < -0.39 is 0 Å². The zero-order valence-corrected chi connectivity index (χ0v) is 25.3. The Hall–Kier alpha value is -5.84. The molecule has 0 aliphatic carbocycles. The van der Waals surface area contributed by atoms with Crippen LogP contribution in [0.2, 0.25) is 0 Å². The van der Waals surface area contributed by atoms with E-state index in [0.717, 1.165) is 33.5 Å². The maximum absolute atomic E-state index is 5.36. The molecule has 0 amide bonds. The molecule has 0 atom stereocenters. The average molecular weight is 602 g/mol. The van der Waals surface area contributed by atoms with Gasteiger partial charge >= 0.3 is 0 Å². The lowest BCUT2D eigenvalue weighted by molar-refractivity contribution is 1.30. The summed E-state index contributed by atoms with van der Waals surface area (Å²) in [6.45, 7) is 0. The van der Waals surface area contributed by atoms with Crippen molar-refractivity contribution in [2.75, 3.05) is 0 Å². The second-order valence-electron chi connectivity index (χ2n) is 12.1. The summed E-state index contributed by atoms with van der Waals surface area (Å²) in [6.07, 6.45) is 0. The van der Waals surface area contributed by atoms with Gasteiger partial charge in [-0.25, -0.2) is 9.97 Å². The number of pyridine rings is 1. The Morgan fingerprint density at radius 2 is 1.09 bits per heavy atom. The van der Waals surface area contributed by atoms with Gasteiger partial charge in [-0.3, -0.25) is 0 Å². The number of hydrogen-bond acceptors (Lipinski definition) is 3. The van der Waals surface area contributed by atoms with E-state index in [1.807, 2.05) is 23.5 Å². The molecule has 7 aromatic carbocycles. The Labute approximate surface area is 266 Å². The van der Waals surface area contributed by atoms with Crippen LogP contribution in [-0.2, 0) is 0 Å². The lowest BCUT2D eigenvalue weighted by Crippen LogP contribution is -1.98. The molecule has 0 saturated carbocycles. The molecule has 212 valence electrons. The third kappa shape index (κ3) is 3.16. The van der Waals surface area contributed by atoms with Gasteiger partial charge in [0.1, 0.15) is 0 Å². The van der Waals surface area contributed by atoms with Crippen molar-refractivity contribution < 1.29 is 0 Å². The van der Waals surface area contributed by atoms with Crippen LogP contribution in [0.25, 0.3) is 103 Å². The molecule has 0 saturated heterocycles. The van der Waals surface area contributed by atoms with Crippen LogP contribution < -0.4 is 0 Å². The quantitative estimate of drug-likeness (QED) is 0.146. The van der Waals surface area contributed by atoms with E-state index in [-0.39, 0.29) is 0 Å². The number of benzene rings is 7. The van der Waals surface area contributed by atoms with E-state index in [1.165, 1.54) is 69.0 Å². The summed E-state index contributed by atoms with van der Waals surface area (Å²) >= 11 is 1.84. The van der Waals surface area contributed by atoms with E-state index in [9.17, 15) is 0 Å². The van der Waals surface area contributed by atoms with Crippen LogP contribution in [0.4, 0.5) is 0 Å². The highest BCUT2D eigenvalue weighted by molar-refractivity contribution is 7.25. The van der Waals surface area contributed by atoms with Crippen molar-refractivity contribution in [2.45, 2.75) is 0 Å². The second kappa shape index (κ2) is 8.87. The summed E-state index contributed by atoms with van der Waals surface area (Å²) in [5.41, 5.74) is 9.49. The highest BCUT2D eigenvalue weighted by Gasteiger charge is 2.21. The first-order valence-corrected chi connectivity index (χ1v) is 16.4. The SMILES string of the molecule is c1ccc2nc(-c3ccc4c5c3cccc5c3cccc5c6ccccc6n4c35)c(-c3ccc4sc5ccccc5c4c3)nc2c1. The number of para-hydroxylation sites is 4. The Morgan fingerprint density at radius 1 is 0.435 bits per heavy atom. The molecule has 0 spiro atoms. The predicted octanol–water partition coefficient (Wildman–Crippen LogP) is 11.6. The summed E-state index contributed by atoms with van der Waals surface area (Å²) < 4.78 is 5.04. The highest BCUT2D eigenvalue weighted by atomic mass is 32.1. The Morgan fingerprint density at radius 3 is 1.96 bits per heavy atom. The molecule has 0 unspecified atom stereocenters. The van der Waals surface area contributed by atoms with E-state index in [1.54, 1.807) is 0 Å². The molecule has 0 fully saturated rings. The number of aromatic nitrogens is 3. The van der Waals surface area contributed by atoms with Gasteiger partial charge in [-0.1, -0.05) is 91.0 Å². The molecule has 0 radical (unpaired) electrons. The third-order valence-corrected chi connectivity index (χ3v) is 10.9. The molecule has 0 aliphatic heterocycles. The monoisotopic (exact) mass is 601 g/mol. The van der Waals surface area contributed by atoms with Crippen molar-refractivity contribution in [1.82, 2.24) is 14.4 Å². The van der Waals surface area contributed by atoms with Crippen LogP contribution in [0.1, 0.15) is 0 Å². The minimum absolute atomic E-state index is 0.896. The molecular weight excluding hydrogens is 579 g/mol. The molecule has 4 aromatic heterocycles. The first kappa shape index (κ1) is 24.5. The Bertz CT molecular complexity index is 3040. The molecule has 11 aromatic rings. The zero-order valence-electron chi connectivity index (χ0n) is 24.5. The van der Waals surface area contributed by atoms with Crippen LogP contribution >= 0.6 is 11.3 Å². The molecular formula is C42H23N3S. The normalized spacial score (nSPS) is 12.3. The molecule has 46 heavy (non-hydrogen) atoms. The molecule has 11 rings (SSSR count). The fourth-order valence-electron chi connectivity index (χ4n) is 7.75. The van der Waals surface area contributed by atoms with Crippen molar-refractivity contribution >= 4 is 91.4 Å². The second-order valence-corrected chi connectivity index (χ2v) is 13.2. The molecule has 0 bridgehead atoms. The summed E-state index contributed by atoms with van der Waals surface area (Å²) in [5, 5.41) is 10.1. The number of thiophene rings is 1. The van der Waals surface area contributed by atoms with Crippen LogP contribution in [0.15, 0.2) is 140 Å². The van der Waals surface area contributed by atoms with Crippen molar-refractivity contribution in [3.05, 3.63) is 140 Å². The van der Waals surface area contributed by atoms with Crippen LogP contribution in [0, 0.1) is 0 Å². The van der Waals surface area contributed by atoms with Crippen molar-refractivity contribution in [2.24, 2.45) is 0 Å². The summed E-state index contributed by atoms with van der Waals surface area (Å²) in [6, 6.07) is 50.4. The Kier molecular flexibility index (Phi) is 4.72. The van der Waals surface area contributed by atoms with Crippen molar-refractivity contribution in [3.8, 4) is 22.5 Å². The fourth-order valence-corrected chi connectivity index (χ4v) is 8.84. The van der Waals surface area contributed by atoms with Crippen LogP contribution in [0.5, 0.6) is 0 Å². The molecule has 0 N–H and O–H groups in total. The molecule has 3 nitrogen and oxygen atoms in total. The first-order chi connectivity index (χ1) is 22.8. The van der Waals surface area contributed by atoms with E-state index in [2.05, 4.69) is 132 Å². The standard InChI is InChI=1S/C42H23N3S/c1-5-17-35-25(9-1)30-13-8-14-31-28-12-7-11-27-29(20-21-36(39(27)28)45(35)42(30)31)41-40(43-33-15-3-4-16-34(33)44-41)24-19-22-38-32(23-24)26-10-2-6-18-37(26)46-38/h1-23H. The maximum atomic E-state index is 5.36. The average Bonchev–Trinajstić information content (AvgIpc) is 3.66. The first-order valence-electron chi connectivity index (χ1n) is 15.6. The van der Waals surface area contributed by atoms with Gasteiger partial charge in [0.15, 0.2) is 0 Å². The van der Waals surface area contributed by atoms with Gasteiger partial charge < -0.3 is 4.40 Å². The highest BCUT2D eigenvalue weighted by Crippen LogP contribution is 2.44. The van der Waals surface area contributed by atoms with Gasteiger partial charge in [0.05, 0.1) is 39.0 Å². The summed E-state index contributed by atoms with van der Waals surface area (Å²) in [5.74, 6) is 0. The van der Waals surface area contributed by atoms with Gasteiger partial charge in [-0.15, -0.1) is 11.3 Å². The number of hydrogen-bond donors (Lipinski definition) is 0. The smallest absolute Gasteiger partial charge is 0.0979 e. The van der Waals surface area contributed by atoms with Crippen LogP contribution in [-0.4, -0.2) is 14.4 Å². The molecule has 4 heteroatoms. The minimum atomic E-state index is 0.896. The number of nitrogens with zero attached hydrogens (tertiary/aromatic N) is 3. The lowest BCUT2D eigenvalue weighted by Gasteiger charge is -2.17. The van der Waals surface area contributed by atoms with Gasteiger partial charge in [0, 0.05) is 52.8 Å². The number of fused-ring (bicyclic) bond motifs is 9. The van der Waals surface area contributed by atoms with E-state index in [0.29, 0.717) is 0 Å². The largest absolute Gasteiger partial charge is 0.308 e. The van der Waals surface area contributed by atoms with E-state index >= 15 is 0 Å². The van der Waals surface area contributed by atoms with Gasteiger partial charge in [-0.2, -0.15) is 0 Å². The predicted molar refractivity (Wildman–Crippen MR) is 195 cm³/mol. The van der Waals surface area contributed by atoms with Gasteiger partial charge in [0.25, 0.3) is 0 Å². The molecule has 4 heterocycles. The van der Waals surface area contributed by atoms with Crippen molar-refractivity contribution in [3.63, 3.8) is 0 Å². The van der Waals surface area contributed by atoms with Crippen LogP contribution in [0.3, 0.4) is 0 Å². The van der Waals surface area contributed by atoms with Gasteiger partial charge in [0.2, 0.25) is 0 Å². The number of rotatable bonds is 2. The molecule has 0 aliphatic rings. The minimum Gasteiger partial charge on any atom is -0.308 e. The third-order valence-electron chi connectivity index (χ3n) is 9.72. The lowest BCUT2D eigenvalue weighted by atomic mass is 9.93. The maximum Gasteiger partial charge on any atom is 0.0979 e. The Balaban J connectivity index is 1.27. The van der Waals surface area contributed by atoms with E-state index in [4.69, 9.17) is 9.97 Å². The summed E-state index contributed by atoms with van der Waals surface area (Å²) in [7, 11) is 0. The van der Waals surface area contributed by atoms with Gasteiger partial charge in [-0.05, 0) is 59.3 Å². The topological polar surface area (TPSA) is 30.2 Å².